The number of benzene rings is 1. The Morgan fingerprint density at radius 2 is 1.88 bits per heavy atom. The molecule has 1 rings (SSSR count). The highest BCUT2D eigenvalue weighted by molar-refractivity contribution is 7.85. The van der Waals surface area contributed by atoms with Crippen LogP contribution in [0.4, 0.5) is 5.69 Å². The highest BCUT2D eigenvalue weighted by Gasteiger charge is 2.09. The van der Waals surface area contributed by atoms with Crippen molar-refractivity contribution in [3.05, 3.63) is 29.5 Å². The molecule has 0 radical (unpaired) electrons. The van der Waals surface area contributed by atoms with Crippen molar-refractivity contribution in [1.82, 2.24) is 0 Å². The first-order valence-electron chi connectivity index (χ1n) is 4.81. The molecule has 0 saturated heterocycles. The topological polar surface area (TPSA) is 105 Å². The maximum absolute atomic E-state index is 11.1. The van der Waals surface area contributed by atoms with E-state index >= 15 is 0 Å². The molecule has 1 aromatic carbocycles. The third-order valence-electron chi connectivity index (χ3n) is 1.87. The summed E-state index contributed by atoms with van der Waals surface area (Å²) in [5.74, 6) is 0. The average Bonchev–Trinajstić information content (AvgIpc) is 2.25. The molecule has 0 aliphatic carbocycles. The normalized spacial score (nSPS) is 12.8. The van der Waals surface area contributed by atoms with Crippen molar-refractivity contribution in [2.75, 3.05) is 5.43 Å². The third-order valence-corrected chi connectivity index (χ3v) is 2.74. The van der Waals surface area contributed by atoms with E-state index in [-0.39, 0.29) is 10.9 Å². The summed E-state index contributed by atoms with van der Waals surface area (Å²) in [6.45, 7) is 3.36. The van der Waals surface area contributed by atoms with Gasteiger partial charge in [-0.2, -0.15) is 13.3 Å². The number of rotatable bonds is 4. The number of anilines is 1. The highest BCUT2D eigenvalue weighted by atomic mass is 32.2. The van der Waals surface area contributed by atoms with Gasteiger partial charge in [0.1, 0.15) is 11.7 Å². The Balaban J connectivity index is 2.80. The maximum atomic E-state index is 11.1. The van der Waals surface area contributed by atoms with E-state index in [1.54, 1.807) is 13.8 Å². The van der Waals surface area contributed by atoms with Crippen LogP contribution in [0.3, 0.4) is 0 Å². The van der Waals surface area contributed by atoms with Gasteiger partial charge in [0.25, 0.3) is 10.1 Å². The summed E-state index contributed by atoms with van der Waals surface area (Å²) in [4.78, 5) is 0.266. The molecular formula is C9H13N3O4S. The molecule has 0 bridgehead atoms. The minimum Gasteiger partial charge on any atom is -0.696 e. The van der Waals surface area contributed by atoms with Crippen molar-refractivity contribution in [2.45, 2.75) is 24.8 Å². The predicted octanol–water partition coefficient (Wildman–Crippen LogP) is 1.63. The molecule has 1 aromatic rings. The summed E-state index contributed by atoms with van der Waals surface area (Å²) in [5, 5.41) is 14.6. The molecule has 2 N–H and O–H groups in total. The van der Waals surface area contributed by atoms with Crippen LogP contribution < -0.4 is 5.43 Å². The molecule has 0 fully saturated rings. The summed E-state index contributed by atoms with van der Waals surface area (Å²) in [6, 6.07) is 4.90. The van der Waals surface area contributed by atoms with Crippen LogP contribution in [0.2, 0.25) is 0 Å². The van der Waals surface area contributed by atoms with Crippen LogP contribution in [-0.4, -0.2) is 23.9 Å². The quantitative estimate of drug-likeness (QED) is 0.370. The van der Waals surface area contributed by atoms with Gasteiger partial charge >= 0.3 is 0 Å². The van der Waals surface area contributed by atoms with Gasteiger partial charge in [0.2, 0.25) is 0 Å². The summed E-state index contributed by atoms with van der Waals surface area (Å²) < 4.78 is 30.2. The molecule has 8 heteroatoms. The minimum absolute atomic E-state index is 0.217. The number of hydrogen-bond donors (Lipinski definition) is 2. The first-order valence-corrected chi connectivity index (χ1v) is 6.25. The lowest BCUT2D eigenvalue weighted by Gasteiger charge is -2.08. The van der Waals surface area contributed by atoms with Gasteiger partial charge < -0.3 is 5.21 Å². The van der Waals surface area contributed by atoms with Gasteiger partial charge in [0.05, 0.1) is 10.1 Å². The van der Waals surface area contributed by atoms with Crippen molar-refractivity contribution >= 4 is 15.8 Å². The molecule has 7 nitrogen and oxygen atoms in total. The lowest BCUT2D eigenvalue weighted by molar-refractivity contribution is -0.559. The first kappa shape index (κ1) is 13.4. The monoisotopic (exact) mass is 259 g/mol. The molecule has 0 aromatic heterocycles. The summed E-state index contributed by atoms with van der Waals surface area (Å²) in [7, 11) is -4.19. The molecule has 17 heavy (non-hydrogen) atoms. The van der Waals surface area contributed by atoms with Gasteiger partial charge in [-0.05, 0) is 38.1 Å². The Morgan fingerprint density at radius 1 is 1.35 bits per heavy atom. The maximum Gasteiger partial charge on any atom is 0.294 e. The fourth-order valence-electron chi connectivity index (χ4n) is 0.924. The Morgan fingerprint density at radius 3 is 2.29 bits per heavy atom. The van der Waals surface area contributed by atoms with Crippen LogP contribution in [0.5, 0.6) is 0 Å². The highest BCUT2D eigenvalue weighted by Crippen LogP contribution is 2.13. The molecule has 0 amide bonds. The van der Waals surface area contributed by atoms with Gasteiger partial charge in [-0.15, -0.1) is 5.43 Å². The lowest BCUT2D eigenvalue weighted by Crippen LogP contribution is -2.13. The SMILES string of the molecule is CC(C)[N+]([O-])=NNc1ccc(S(=O)(=O)O)cc1. The van der Waals surface area contributed by atoms with Crippen molar-refractivity contribution in [2.24, 2.45) is 5.22 Å². The molecule has 0 atom stereocenters. The summed E-state index contributed by atoms with van der Waals surface area (Å²) in [6.07, 6.45) is 0. The van der Waals surface area contributed by atoms with Crippen molar-refractivity contribution in [1.29, 1.82) is 0 Å². The summed E-state index contributed by atoms with van der Waals surface area (Å²) in [5.41, 5.74) is 2.91. The molecule has 0 saturated carbocycles. The van der Waals surface area contributed by atoms with E-state index in [9.17, 15) is 13.6 Å². The van der Waals surface area contributed by atoms with Gasteiger partial charge in [0, 0.05) is 0 Å². The van der Waals surface area contributed by atoms with Crippen molar-refractivity contribution in [3.63, 3.8) is 0 Å². The van der Waals surface area contributed by atoms with E-state index in [1.165, 1.54) is 24.3 Å². The largest absolute Gasteiger partial charge is 0.696 e. The number of nitrogens with zero attached hydrogens (tertiary/aromatic N) is 2. The second-order valence-electron chi connectivity index (χ2n) is 3.61. The fourth-order valence-corrected chi connectivity index (χ4v) is 1.40. The Labute approximate surface area is 99.1 Å². The van der Waals surface area contributed by atoms with Crippen LogP contribution in [0.1, 0.15) is 13.8 Å². The van der Waals surface area contributed by atoms with E-state index in [4.69, 9.17) is 4.55 Å². The van der Waals surface area contributed by atoms with E-state index in [0.717, 1.165) is 0 Å². The smallest absolute Gasteiger partial charge is 0.294 e. The second-order valence-corrected chi connectivity index (χ2v) is 5.03. The zero-order valence-corrected chi connectivity index (χ0v) is 10.2. The van der Waals surface area contributed by atoms with Gasteiger partial charge in [-0.25, -0.2) is 0 Å². The first-order chi connectivity index (χ1) is 7.80. The molecular weight excluding hydrogens is 246 g/mol. The zero-order chi connectivity index (χ0) is 13.1. The number of hydroxylamine groups is 1. The van der Waals surface area contributed by atoms with Crippen LogP contribution in [0, 0.1) is 5.21 Å². The van der Waals surface area contributed by atoms with E-state index < -0.39 is 10.1 Å². The average molecular weight is 259 g/mol. The zero-order valence-electron chi connectivity index (χ0n) is 9.36. The van der Waals surface area contributed by atoms with E-state index in [1.807, 2.05) is 0 Å². The lowest BCUT2D eigenvalue weighted by atomic mass is 10.3. The van der Waals surface area contributed by atoms with Crippen LogP contribution in [0.15, 0.2) is 34.4 Å². The van der Waals surface area contributed by atoms with Crippen molar-refractivity contribution < 1.29 is 17.8 Å². The van der Waals surface area contributed by atoms with E-state index in [0.29, 0.717) is 10.5 Å². The van der Waals surface area contributed by atoms with Crippen molar-refractivity contribution in [3.8, 4) is 0 Å². The van der Waals surface area contributed by atoms with Gasteiger partial charge in [-0.3, -0.25) is 4.55 Å². The molecule has 0 unspecified atom stereocenters. The third kappa shape index (κ3) is 4.00. The minimum atomic E-state index is -4.19. The number of hydrogen-bond acceptors (Lipinski definition) is 4. The second kappa shape index (κ2) is 5.11. The van der Waals surface area contributed by atoms with Gasteiger partial charge in [0.15, 0.2) is 0 Å². The van der Waals surface area contributed by atoms with Crippen LogP contribution in [-0.2, 0) is 10.1 Å². The predicted molar refractivity (Wildman–Crippen MR) is 61.1 cm³/mol. The number of nitrogens with one attached hydrogen (secondary N) is 1. The molecule has 0 aliphatic heterocycles. The van der Waals surface area contributed by atoms with E-state index in [2.05, 4.69) is 10.6 Å². The fraction of sp³-hybridized carbons (Fsp3) is 0.333. The molecule has 0 heterocycles. The molecule has 0 aliphatic rings. The molecule has 0 spiro atoms. The van der Waals surface area contributed by atoms with Gasteiger partial charge in [-0.1, -0.05) is 0 Å². The van der Waals surface area contributed by atoms with Crippen LogP contribution in [0.25, 0.3) is 0 Å². The standard InChI is InChI=1S/C9H13N3O4S/c1-7(2)12(13)11-10-8-3-5-9(6-4-8)17(14,15)16/h3-7,10H,1-2H3,(H,14,15,16). The summed E-state index contributed by atoms with van der Waals surface area (Å²) >= 11 is 0. The Bertz CT molecular complexity index is 508. The Kier molecular flexibility index (Phi) is 4.02. The Hall–Kier alpha value is -1.67. The molecule has 94 valence electrons. The van der Waals surface area contributed by atoms with Crippen LogP contribution >= 0.6 is 0 Å².